The van der Waals surface area contributed by atoms with E-state index in [1.54, 1.807) is 12.0 Å². The van der Waals surface area contributed by atoms with Crippen molar-refractivity contribution in [2.45, 2.75) is 13.5 Å². The van der Waals surface area contributed by atoms with Crippen LogP contribution in [-0.2, 0) is 20.9 Å². The average molecular weight is 311 g/mol. The summed E-state index contributed by atoms with van der Waals surface area (Å²) in [4.78, 5) is 14.0. The minimum absolute atomic E-state index is 0.0237. The van der Waals surface area contributed by atoms with Gasteiger partial charge < -0.3 is 14.4 Å². The van der Waals surface area contributed by atoms with Gasteiger partial charge in [-0.05, 0) is 35.7 Å². The molecule has 2 aromatic carbocycles. The van der Waals surface area contributed by atoms with Crippen molar-refractivity contribution < 1.29 is 14.3 Å². The smallest absolute Gasteiger partial charge is 0.253 e. The highest BCUT2D eigenvalue weighted by Crippen LogP contribution is 2.31. The molecule has 23 heavy (non-hydrogen) atoms. The SMILES string of the molecule is COCCN1C(=O)COCc2cc(-c3ccccc3C)ccc21. The lowest BCUT2D eigenvalue weighted by atomic mass is 9.98. The molecule has 0 N–H and O–H groups in total. The van der Waals surface area contributed by atoms with Crippen molar-refractivity contribution in [3.05, 3.63) is 53.6 Å². The maximum Gasteiger partial charge on any atom is 0.253 e. The van der Waals surface area contributed by atoms with Crippen molar-refractivity contribution >= 4 is 11.6 Å². The number of hydrogen-bond donors (Lipinski definition) is 0. The van der Waals surface area contributed by atoms with Gasteiger partial charge in [-0.3, -0.25) is 4.79 Å². The quantitative estimate of drug-likeness (QED) is 0.870. The minimum Gasteiger partial charge on any atom is -0.383 e. The molecule has 0 radical (unpaired) electrons. The van der Waals surface area contributed by atoms with Gasteiger partial charge in [0.15, 0.2) is 0 Å². The zero-order valence-electron chi connectivity index (χ0n) is 13.5. The first kappa shape index (κ1) is 15.7. The Bertz CT molecular complexity index is 712. The molecular formula is C19H21NO3. The predicted octanol–water partition coefficient (Wildman–Crippen LogP) is 3.17. The molecule has 0 atom stereocenters. The Morgan fingerprint density at radius 1 is 1.17 bits per heavy atom. The summed E-state index contributed by atoms with van der Waals surface area (Å²) in [7, 11) is 1.64. The van der Waals surface area contributed by atoms with Gasteiger partial charge >= 0.3 is 0 Å². The third kappa shape index (κ3) is 3.28. The molecule has 1 aliphatic rings. The van der Waals surface area contributed by atoms with Crippen molar-refractivity contribution in [1.29, 1.82) is 0 Å². The lowest BCUT2D eigenvalue weighted by Gasteiger charge is -2.22. The van der Waals surface area contributed by atoms with Crippen LogP contribution < -0.4 is 4.90 Å². The number of aryl methyl sites for hydroxylation is 1. The summed E-state index contributed by atoms with van der Waals surface area (Å²) >= 11 is 0. The van der Waals surface area contributed by atoms with Gasteiger partial charge in [-0.1, -0.05) is 30.3 Å². The summed E-state index contributed by atoms with van der Waals surface area (Å²) in [5, 5.41) is 0. The van der Waals surface area contributed by atoms with E-state index < -0.39 is 0 Å². The van der Waals surface area contributed by atoms with E-state index in [9.17, 15) is 4.79 Å². The van der Waals surface area contributed by atoms with E-state index in [4.69, 9.17) is 9.47 Å². The third-order valence-corrected chi connectivity index (χ3v) is 4.13. The Labute approximate surface area is 136 Å². The first-order chi connectivity index (χ1) is 11.2. The summed E-state index contributed by atoms with van der Waals surface area (Å²) in [6.07, 6.45) is 0. The van der Waals surface area contributed by atoms with Crippen LogP contribution in [-0.4, -0.2) is 32.8 Å². The monoisotopic (exact) mass is 311 g/mol. The fourth-order valence-electron chi connectivity index (χ4n) is 2.92. The Balaban J connectivity index is 2.00. The number of hydrogen-bond acceptors (Lipinski definition) is 3. The van der Waals surface area contributed by atoms with Crippen LogP contribution in [0.5, 0.6) is 0 Å². The molecule has 1 aliphatic heterocycles. The van der Waals surface area contributed by atoms with E-state index >= 15 is 0 Å². The van der Waals surface area contributed by atoms with E-state index in [-0.39, 0.29) is 12.5 Å². The lowest BCUT2D eigenvalue weighted by molar-refractivity contribution is -0.123. The first-order valence-electron chi connectivity index (χ1n) is 7.76. The van der Waals surface area contributed by atoms with Gasteiger partial charge in [-0.15, -0.1) is 0 Å². The third-order valence-electron chi connectivity index (χ3n) is 4.13. The number of rotatable bonds is 4. The number of fused-ring (bicyclic) bond motifs is 1. The summed E-state index contributed by atoms with van der Waals surface area (Å²) in [6.45, 7) is 3.70. The molecule has 0 spiro atoms. The highest BCUT2D eigenvalue weighted by atomic mass is 16.5. The van der Waals surface area contributed by atoms with Crippen LogP contribution in [0.4, 0.5) is 5.69 Å². The second kappa shape index (κ2) is 6.94. The van der Waals surface area contributed by atoms with Gasteiger partial charge in [0, 0.05) is 24.9 Å². The normalized spacial score (nSPS) is 14.5. The van der Waals surface area contributed by atoms with E-state index in [2.05, 4.69) is 31.2 Å². The van der Waals surface area contributed by atoms with Crippen molar-refractivity contribution in [3.8, 4) is 11.1 Å². The van der Waals surface area contributed by atoms with E-state index in [0.717, 1.165) is 16.8 Å². The number of methoxy groups -OCH3 is 1. The molecule has 1 heterocycles. The number of nitrogens with zero attached hydrogens (tertiary/aromatic N) is 1. The summed E-state index contributed by atoms with van der Waals surface area (Å²) in [5.41, 5.74) is 5.53. The molecule has 0 saturated heterocycles. The second-order valence-electron chi connectivity index (χ2n) is 5.69. The van der Waals surface area contributed by atoms with Crippen molar-refractivity contribution in [2.24, 2.45) is 0 Å². The molecule has 0 unspecified atom stereocenters. The number of carbonyl (C=O) groups excluding carboxylic acids is 1. The van der Waals surface area contributed by atoms with Crippen LogP contribution in [0.1, 0.15) is 11.1 Å². The van der Waals surface area contributed by atoms with Crippen LogP contribution in [0.25, 0.3) is 11.1 Å². The molecule has 3 rings (SSSR count). The fraction of sp³-hybridized carbons (Fsp3) is 0.316. The van der Waals surface area contributed by atoms with Gasteiger partial charge in [-0.25, -0.2) is 0 Å². The van der Waals surface area contributed by atoms with Gasteiger partial charge in [0.1, 0.15) is 6.61 Å². The van der Waals surface area contributed by atoms with Crippen LogP contribution >= 0.6 is 0 Å². The molecular weight excluding hydrogens is 290 g/mol. The van der Waals surface area contributed by atoms with Crippen molar-refractivity contribution in [2.75, 3.05) is 31.8 Å². The number of ether oxygens (including phenoxy) is 2. The van der Waals surface area contributed by atoms with Crippen molar-refractivity contribution in [3.63, 3.8) is 0 Å². The summed E-state index contributed by atoms with van der Waals surface area (Å²) in [6, 6.07) is 14.5. The Kier molecular flexibility index (Phi) is 4.74. The molecule has 4 nitrogen and oxygen atoms in total. The molecule has 0 aromatic heterocycles. The average Bonchev–Trinajstić information content (AvgIpc) is 2.71. The topological polar surface area (TPSA) is 38.8 Å². The van der Waals surface area contributed by atoms with E-state index in [1.165, 1.54) is 11.1 Å². The number of anilines is 1. The molecule has 0 aliphatic carbocycles. The summed E-state index contributed by atoms with van der Waals surface area (Å²) in [5.74, 6) is -0.0237. The van der Waals surface area contributed by atoms with Crippen LogP contribution in [0.15, 0.2) is 42.5 Å². The summed E-state index contributed by atoms with van der Waals surface area (Å²) < 4.78 is 10.7. The minimum atomic E-state index is -0.0237. The molecule has 0 bridgehead atoms. The Morgan fingerprint density at radius 2 is 2.00 bits per heavy atom. The number of benzene rings is 2. The maximum atomic E-state index is 12.2. The molecule has 1 amide bonds. The van der Waals surface area contributed by atoms with Crippen LogP contribution in [0.3, 0.4) is 0 Å². The van der Waals surface area contributed by atoms with Gasteiger partial charge in [-0.2, -0.15) is 0 Å². The van der Waals surface area contributed by atoms with Gasteiger partial charge in [0.05, 0.1) is 13.2 Å². The van der Waals surface area contributed by atoms with Gasteiger partial charge in [0.25, 0.3) is 5.91 Å². The lowest BCUT2D eigenvalue weighted by Crippen LogP contribution is -2.35. The Morgan fingerprint density at radius 3 is 2.78 bits per heavy atom. The molecule has 120 valence electrons. The maximum absolute atomic E-state index is 12.2. The zero-order valence-corrected chi connectivity index (χ0v) is 13.5. The fourth-order valence-corrected chi connectivity index (χ4v) is 2.92. The van der Waals surface area contributed by atoms with Gasteiger partial charge in [0.2, 0.25) is 0 Å². The molecule has 0 saturated carbocycles. The largest absolute Gasteiger partial charge is 0.383 e. The van der Waals surface area contributed by atoms with Crippen LogP contribution in [0.2, 0.25) is 0 Å². The standard InChI is InChI=1S/C19H21NO3/c1-14-5-3-4-6-17(14)15-7-8-18-16(11-15)12-23-13-19(21)20(18)9-10-22-2/h3-8,11H,9-10,12-13H2,1-2H3. The Hall–Kier alpha value is -2.17. The molecule has 4 heteroatoms. The zero-order chi connectivity index (χ0) is 16.2. The second-order valence-corrected chi connectivity index (χ2v) is 5.69. The number of carbonyl (C=O) groups is 1. The number of amides is 1. The van der Waals surface area contributed by atoms with E-state index in [1.807, 2.05) is 18.2 Å². The predicted molar refractivity (Wildman–Crippen MR) is 90.5 cm³/mol. The first-order valence-corrected chi connectivity index (χ1v) is 7.76. The highest BCUT2D eigenvalue weighted by Gasteiger charge is 2.22. The highest BCUT2D eigenvalue weighted by molar-refractivity contribution is 5.96. The van der Waals surface area contributed by atoms with E-state index in [0.29, 0.717) is 19.8 Å². The molecule has 2 aromatic rings. The molecule has 0 fully saturated rings. The van der Waals surface area contributed by atoms with Crippen LogP contribution in [0, 0.1) is 6.92 Å². The van der Waals surface area contributed by atoms with Crippen molar-refractivity contribution in [1.82, 2.24) is 0 Å².